The average Bonchev–Trinajstić information content (AvgIpc) is 2.57. The number of nitrogens with one attached hydrogen (secondary N) is 2. The molecule has 2 atom stereocenters. The number of imide groups is 1. The molecule has 12 heavy (non-hydrogen) atoms. The third kappa shape index (κ3) is 0.704. The van der Waals surface area contributed by atoms with E-state index in [1.165, 1.54) is 6.92 Å². The number of carbonyl (C=O) groups is 3. The Morgan fingerprint density at radius 2 is 2.33 bits per heavy atom. The Bertz CT molecular complexity index is 299. The van der Waals surface area contributed by atoms with Crippen molar-refractivity contribution in [3.8, 4) is 0 Å². The Morgan fingerprint density at radius 1 is 1.67 bits per heavy atom. The minimum Gasteiger partial charge on any atom is -0.341 e. The van der Waals surface area contributed by atoms with Crippen LogP contribution < -0.4 is 10.6 Å². The predicted octanol–water partition coefficient (Wildman–Crippen LogP) is -1.46. The molecule has 2 rings (SSSR count). The van der Waals surface area contributed by atoms with Crippen LogP contribution in [0.25, 0.3) is 0 Å². The number of hydrogen-bond acceptors (Lipinski definition) is 3. The summed E-state index contributed by atoms with van der Waals surface area (Å²) in [6.07, 6.45) is 0.456. The lowest BCUT2D eigenvalue weighted by Crippen LogP contribution is -2.44. The normalized spacial score (nSPS) is 37.2. The first kappa shape index (κ1) is 7.27. The molecular weight excluding hydrogens is 160 g/mol. The van der Waals surface area contributed by atoms with Crippen LogP contribution in [0, 0.1) is 5.92 Å². The minimum atomic E-state index is -0.886. The Labute approximate surface area is 68.5 Å². The van der Waals surface area contributed by atoms with Crippen LogP contribution in [0.4, 0.5) is 0 Å². The van der Waals surface area contributed by atoms with E-state index in [9.17, 15) is 14.4 Å². The standard InChI is InChI=1S/C7H8N2O3/c1-3(10)9-7-2-4(7)5(11)8-6(7)12/h4H,2H2,1H3,(H,9,10)(H,8,11,12). The van der Waals surface area contributed by atoms with Gasteiger partial charge < -0.3 is 5.32 Å². The molecule has 2 fully saturated rings. The van der Waals surface area contributed by atoms with Crippen molar-refractivity contribution in [1.29, 1.82) is 0 Å². The smallest absolute Gasteiger partial charge is 0.253 e. The molecule has 1 aliphatic heterocycles. The van der Waals surface area contributed by atoms with Gasteiger partial charge in [0.05, 0.1) is 5.92 Å². The predicted molar refractivity (Wildman–Crippen MR) is 37.8 cm³/mol. The molecule has 1 saturated heterocycles. The Hall–Kier alpha value is -1.39. The number of piperidine rings is 1. The van der Waals surface area contributed by atoms with Crippen LogP contribution in [0.5, 0.6) is 0 Å². The van der Waals surface area contributed by atoms with E-state index in [-0.39, 0.29) is 23.6 Å². The molecule has 5 heteroatoms. The van der Waals surface area contributed by atoms with Gasteiger partial charge in [-0.1, -0.05) is 0 Å². The second kappa shape index (κ2) is 1.85. The maximum Gasteiger partial charge on any atom is 0.253 e. The van der Waals surface area contributed by atoms with Crippen LogP contribution in [0.3, 0.4) is 0 Å². The first-order chi connectivity index (χ1) is 5.56. The zero-order valence-electron chi connectivity index (χ0n) is 6.51. The summed E-state index contributed by atoms with van der Waals surface area (Å²) in [5.41, 5.74) is -0.886. The van der Waals surface area contributed by atoms with Crippen molar-refractivity contribution in [2.24, 2.45) is 5.92 Å². The molecule has 0 radical (unpaired) electrons. The first-order valence-electron chi connectivity index (χ1n) is 3.70. The topological polar surface area (TPSA) is 75.3 Å². The zero-order chi connectivity index (χ0) is 8.93. The molecule has 3 amide bonds. The van der Waals surface area contributed by atoms with Crippen molar-refractivity contribution in [2.45, 2.75) is 18.9 Å². The van der Waals surface area contributed by atoms with Crippen molar-refractivity contribution in [2.75, 3.05) is 0 Å². The van der Waals surface area contributed by atoms with E-state index in [2.05, 4.69) is 10.6 Å². The quantitative estimate of drug-likeness (QED) is 0.470. The summed E-state index contributed by atoms with van der Waals surface area (Å²) < 4.78 is 0. The molecule has 1 aliphatic carbocycles. The van der Waals surface area contributed by atoms with Crippen molar-refractivity contribution < 1.29 is 14.4 Å². The zero-order valence-corrected chi connectivity index (χ0v) is 6.51. The van der Waals surface area contributed by atoms with Gasteiger partial charge in [-0.05, 0) is 6.42 Å². The van der Waals surface area contributed by atoms with Gasteiger partial charge in [0, 0.05) is 6.92 Å². The molecule has 0 spiro atoms. The summed E-state index contributed by atoms with van der Waals surface area (Å²) in [5.74, 6) is -1.24. The second-order valence-corrected chi connectivity index (χ2v) is 3.23. The summed E-state index contributed by atoms with van der Waals surface area (Å²) in [6, 6.07) is 0. The molecule has 1 heterocycles. The van der Waals surface area contributed by atoms with Crippen LogP contribution in [-0.2, 0) is 14.4 Å². The number of fused-ring (bicyclic) bond motifs is 1. The largest absolute Gasteiger partial charge is 0.341 e. The Balaban J connectivity index is 2.20. The minimum absolute atomic E-state index is 0.270. The second-order valence-electron chi connectivity index (χ2n) is 3.23. The van der Waals surface area contributed by atoms with Crippen LogP contribution in [0.1, 0.15) is 13.3 Å². The van der Waals surface area contributed by atoms with E-state index in [1.54, 1.807) is 0 Å². The third-order valence-corrected chi connectivity index (χ3v) is 2.32. The van der Waals surface area contributed by atoms with Crippen molar-refractivity contribution in [1.82, 2.24) is 10.6 Å². The van der Waals surface area contributed by atoms with Gasteiger partial charge in [0.15, 0.2) is 0 Å². The summed E-state index contributed by atoms with van der Waals surface area (Å²) in [5, 5.41) is 4.67. The van der Waals surface area contributed by atoms with Gasteiger partial charge in [0.1, 0.15) is 5.54 Å². The molecule has 0 aromatic heterocycles. The van der Waals surface area contributed by atoms with E-state index in [0.29, 0.717) is 6.42 Å². The molecule has 2 N–H and O–H groups in total. The van der Waals surface area contributed by atoms with Gasteiger partial charge in [-0.25, -0.2) is 0 Å². The first-order valence-corrected chi connectivity index (χ1v) is 3.70. The van der Waals surface area contributed by atoms with Gasteiger partial charge >= 0.3 is 0 Å². The van der Waals surface area contributed by atoms with Crippen molar-refractivity contribution in [3.05, 3.63) is 0 Å². The number of rotatable bonds is 1. The SMILES string of the molecule is CC(=O)NC12CC1C(=O)NC2=O. The number of amides is 3. The van der Waals surface area contributed by atoms with Gasteiger partial charge in [0.25, 0.3) is 5.91 Å². The highest BCUT2D eigenvalue weighted by Crippen LogP contribution is 2.47. The van der Waals surface area contributed by atoms with E-state index in [4.69, 9.17) is 0 Å². The lowest BCUT2D eigenvalue weighted by molar-refractivity contribution is -0.130. The molecule has 0 bridgehead atoms. The van der Waals surface area contributed by atoms with Crippen LogP contribution in [-0.4, -0.2) is 23.3 Å². The van der Waals surface area contributed by atoms with Crippen LogP contribution in [0.15, 0.2) is 0 Å². The molecule has 5 nitrogen and oxygen atoms in total. The molecule has 2 aliphatic rings. The number of hydrogen-bond donors (Lipinski definition) is 2. The van der Waals surface area contributed by atoms with E-state index >= 15 is 0 Å². The van der Waals surface area contributed by atoms with Gasteiger partial charge in [-0.2, -0.15) is 0 Å². The summed E-state index contributed by atoms with van der Waals surface area (Å²) >= 11 is 0. The lowest BCUT2D eigenvalue weighted by Gasteiger charge is -2.09. The number of carbonyl (C=O) groups excluding carboxylic acids is 3. The monoisotopic (exact) mass is 168 g/mol. The van der Waals surface area contributed by atoms with Crippen LogP contribution in [0.2, 0.25) is 0 Å². The fourth-order valence-electron chi connectivity index (χ4n) is 1.65. The van der Waals surface area contributed by atoms with E-state index in [0.717, 1.165) is 0 Å². The van der Waals surface area contributed by atoms with Gasteiger partial charge in [-0.15, -0.1) is 0 Å². The van der Waals surface area contributed by atoms with Crippen LogP contribution >= 0.6 is 0 Å². The molecular formula is C7H8N2O3. The highest BCUT2D eigenvalue weighted by atomic mass is 16.2. The Morgan fingerprint density at radius 3 is 2.67 bits per heavy atom. The van der Waals surface area contributed by atoms with Crippen molar-refractivity contribution >= 4 is 17.7 Å². The molecule has 0 aromatic carbocycles. The summed E-state index contributed by atoms with van der Waals surface area (Å²) in [6.45, 7) is 1.33. The van der Waals surface area contributed by atoms with Gasteiger partial charge in [-0.3, -0.25) is 19.7 Å². The molecule has 0 aromatic rings. The molecule has 2 unspecified atom stereocenters. The summed E-state index contributed by atoms with van der Waals surface area (Å²) in [7, 11) is 0. The highest BCUT2D eigenvalue weighted by molar-refractivity contribution is 6.15. The fourth-order valence-corrected chi connectivity index (χ4v) is 1.65. The highest BCUT2D eigenvalue weighted by Gasteiger charge is 2.69. The Kier molecular flexibility index (Phi) is 1.12. The molecule has 1 saturated carbocycles. The van der Waals surface area contributed by atoms with E-state index in [1.807, 2.05) is 0 Å². The van der Waals surface area contributed by atoms with Gasteiger partial charge in [0.2, 0.25) is 11.8 Å². The maximum absolute atomic E-state index is 11.1. The lowest BCUT2D eigenvalue weighted by atomic mass is 10.2. The fraction of sp³-hybridized carbons (Fsp3) is 0.571. The van der Waals surface area contributed by atoms with Crippen molar-refractivity contribution in [3.63, 3.8) is 0 Å². The average molecular weight is 168 g/mol. The van der Waals surface area contributed by atoms with E-state index < -0.39 is 5.54 Å². The molecule has 64 valence electrons. The maximum atomic E-state index is 11.1. The summed E-state index contributed by atoms with van der Waals surface area (Å²) in [4.78, 5) is 32.7. The third-order valence-electron chi connectivity index (χ3n) is 2.32.